The van der Waals surface area contributed by atoms with Crippen LogP contribution in [0.3, 0.4) is 0 Å². The topological polar surface area (TPSA) is 44.8 Å². The van der Waals surface area contributed by atoms with Crippen molar-refractivity contribution in [3.05, 3.63) is 65.2 Å². The third-order valence-electron chi connectivity index (χ3n) is 6.72. The second kappa shape index (κ2) is 9.84. The van der Waals surface area contributed by atoms with Gasteiger partial charge in [0.25, 0.3) is 5.91 Å². The van der Waals surface area contributed by atoms with Gasteiger partial charge in [-0.1, -0.05) is 24.3 Å². The molecule has 168 valence electrons. The van der Waals surface area contributed by atoms with E-state index in [0.29, 0.717) is 0 Å². The standard InChI is InChI=1S/C26H37N3O2/c1-7-29(8-2)25(30)20-14-12-19(13-15-20)24(21-10-9-11-22(16-21)31-6)23-17-28(5)26(3,4)18-27-23/h9-16,23-24,27H,7-8,17-18H2,1-6H3. The zero-order chi connectivity index (χ0) is 22.6. The zero-order valence-corrected chi connectivity index (χ0v) is 19.8. The average molecular weight is 424 g/mol. The number of likely N-dealkylation sites (N-methyl/N-ethyl adjacent to an activating group) is 1. The van der Waals surface area contributed by atoms with E-state index in [1.165, 1.54) is 11.1 Å². The van der Waals surface area contributed by atoms with Gasteiger partial charge in [0.2, 0.25) is 0 Å². The molecule has 0 aromatic heterocycles. The fourth-order valence-electron chi connectivity index (χ4n) is 4.36. The van der Waals surface area contributed by atoms with Crippen molar-refractivity contribution in [1.82, 2.24) is 15.1 Å². The van der Waals surface area contributed by atoms with E-state index in [-0.39, 0.29) is 23.4 Å². The lowest BCUT2D eigenvalue weighted by molar-refractivity contribution is 0.0773. The highest BCUT2D eigenvalue weighted by molar-refractivity contribution is 5.94. The van der Waals surface area contributed by atoms with Crippen LogP contribution in [-0.2, 0) is 0 Å². The van der Waals surface area contributed by atoms with Crippen LogP contribution in [0.25, 0.3) is 0 Å². The molecule has 3 rings (SSSR count). The number of nitrogens with one attached hydrogen (secondary N) is 1. The van der Waals surface area contributed by atoms with Crippen LogP contribution in [0.4, 0.5) is 0 Å². The van der Waals surface area contributed by atoms with E-state index in [4.69, 9.17) is 4.74 Å². The van der Waals surface area contributed by atoms with Crippen LogP contribution in [0.15, 0.2) is 48.5 Å². The minimum absolute atomic E-state index is 0.0896. The van der Waals surface area contributed by atoms with Gasteiger partial charge in [0.05, 0.1) is 7.11 Å². The van der Waals surface area contributed by atoms with E-state index in [0.717, 1.165) is 37.5 Å². The van der Waals surface area contributed by atoms with Gasteiger partial charge in [-0.2, -0.15) is 0 Å². The Labute approximate surface area is 187 Å². The highest BCUT2D eigenvalue weighted by Crippen LogP contribution is 2.33. The van der Waals surface area contributed by atoms with Crippen molar-refractivity contribution in [2.24, 2.45) is 0 Å². The number of ether oxygens (including phenoxy) is 1. The molecule has 1 saturated heterocycles. The molecule has 5 heteroatoms. The molecule has 2 atom stereocenters. The smallest absolute Gasteiger partial charge is 0.253 e. The first-order valence-electron chi connectivity index (χ1n) is 11.3. The second-order valence-electron chi connectivity index (χ2n) is 9.03. The number of benzene rings is 2. The summed E-state index contributed by atoms with van der Waals surface area (Å²) < 4.78 is 5.50. The van der Waals surface area contributed by atoms with Gasteiger partial charge >= 0.3 is 0 Å². The van der Waals surface area contributed by atoms with Crippen molar-refractivity contribution in [3.8, 4) is 5.75 Å². The Hall–Kier alpha value is -2.37. The van der Waals surface area contributed by atoms with E-state index in [2.05, 4.69) is 61.4 Å². The number of rotatable bonds is 7. The number of nitrogens with zero attached hydrogens (tertiary/aromatic N) is 2. The number of carbonyl (C=O) groups is 1. The number of hydrogen-bond acceptors (Lipinski definition) is 4. The van der Waals surface area contributed by atoms with Gasteiger partial charge in [0.1, 0.15) is 5.75 Å². The van der Waals surface area contributed by atoms with Crippen molar-refractivity contribution in [2.75, 3.05) is 40.3 Å². The molecule has 1 aliphatic heterocycles. The number of amides is 1. The zero-order valence-electron chi connectivity index (χ0n) is 19.8. The molecule has 2 aromatic carbocycles. The van der Waals surface area contributed by atoms with Gasteiger partial charge < -0.3 is 15.0 Å². The average Bonchev–Trinajstić information content (AvgIpc) is 2.78. The summed E-state index contributed by atoms with van der Waals surface area (Å²) in [5, 5.41) is 3.79. The van der Waals surface area contributed by atoms with E-state index in [9.17, 15) is 4.79 Å². The molecule has 2 unspecified atom stereocenters. The molecule has 5 nitrogen and oxygen atoms in total. The van der Waals surface area contributed by atoms with Gasteiger partial charge in [-0.15, -0.1) is 0 Å². The van der Waals surface area contributed by atoms with Crippen LogP contribution in [-0.4, -0.2) is 67.6 Å². The van der Waals surface area contributed by atoms with Gasteiger partial charge in [0.15, 0.2) is 0 Å². The number of piperazine rings is 1. The minimum Gasteiger partial charge on any atom is -0.497 e. The predicted molar refractivity (Wildman–Crippen MR) is 127 cm³/mol. The van der Waals surface area contributed by atoms with Crippen LogP contribution >= 0.6 is 0 Å². The minimum atomic E-state index is 0.0896. The van der Waals surface area contributed by atoms with Crippen molar-refractivity contribution in [2.45, 2.75) is 45.2 Å². The summed E-state index contributed by atoms with van der Waals surface area (Å²) in [5.74, 6) is 1.11. The highest BCUT2D eigenvalue weighted by atomic mass is 16.5. The van der Waals surface area contributed by atoms with Crippen molar-refractivity contribution < 1.29 is 9.53 Å². The number of methoxy groups -OCH3 is 1. The number of hydrogen-bond donors (Lipinski definition) is 1. The normalized spacial score (nSPS) is 19.6. The lowest BCUT2D eigenvalue weighted by Gasteiger charge is -2.46. The fraction of sp³-hybridized carbons (Fsp3) is 0.500. The number of carbonyl (C=O) groups excluding carboxylic acids is 1. The van der Waals surface area contributed by atoms with E-state index >= 15 is 0 Å². The molecule has 0 radical (unpaired) electrons. The van der Waals surface area contributed by atoms with Gasteiger partial charge in [-0.3, -0.25) is 9.69 Å². The Bertz CT molecular complexity index is 874. The van der Waals surface area contributed by atoms with Gasteiger partial charge in [0, 0.05) is 49.2 Å². The van der Waals surface area contributed by atoms with Crippen LogP contribution in [0.2, 0.25) is 0 Å². The summed E-state index contributed by atoms with van der Waals surface area (Å²) in [6.45, 7) is 11.9. The highest BCUT2D eigenvalue weighted by Gasteiger charge is 2.36. The molecule has 1 aliphatic rings. The van der Waals surface area contributed by atoms with Crippen LogP contribution in [0.5, 0.6) is 5.75 Å². The fourth-order valence-corrected chi connectivity index (χ4v) is 4.36. The first kappa shape index (κ1) is 23.3. The van der Waals surface area contributed by atoms with Crippen LogP contribution < -0.4 is 10.1 Å². The molecule has 31 heavy (non-hydrogen) atoms. The molecule has 1 heterocycles. The summed E-state index contributed by atoms with van der Waals surface area (Å²) in [5.41, 5.74) is 3.28. The Morgan fingerprint density at radius 1 is 1.16 bits per heavy atom. The molecular weight excluding hydrogens is 386 g/mol. The molecule has 0 aliphatic carbocycles. The Balaban J connectivity index is 1.96. The first-order chi connectivity index (χ1) is 14.8. The summed E-state index contributed by atoms with van der Waals surface area (Å²) in [7, 11) is 3.90. The molecule has 0 saturated carbocycles. The lowest BCUT2D eigenvalue weighted by Crippen LogP contribution is -2.61. The molecule has 0 spiro atoms. The molecule has 1 fully saturated rings. The third-order valence-corrected chi connectivity index (χ3v) is 6.72. The summed E-state index contributed by atoms with van der Waals surface area (Å²) >= 11 is 0. The van der Waals surface area contributed by atoms with Gasteiger partial charge in [-0.25, -0.2) is 0 Å². The summed E-state index contributed by atoms with van der Waals surface area (Å²) in [6.07, 6.45) is 0. The second-order valence-corrected chi connectivity index (χ2v) is 9.03. The van der Waals surface area contributed by atoms with Crippen LogP contribution in [0, 0.1) is 0 Å². The maximum Gasteiger partial charge on any atom is 0.253 e. The SMILES string of the molecule is CCN(CC)C(=O)c1ccc(C(c2cccc(OC)c2)C2CN(C)C(C)(C)CN2)cc1. The Morgan fingerprint density at radius 3 is 2.42 bits per heavy atom. The van der Waals surface area contributed by atoms with Crippen molar-refractivity contribution in [3.63, 3.8) is 0 Å². The lowest BCUT2D eigenvalue weighted by atomic mass is 9.82. The predicted octanol–water partition coefficient (Wildman–Crippen LogP) is 3.99. The molecule has 2 aromatic rings. The van der Waals surface area contributed by atoms with E-state index < -0.39 is 0 Å². The van der Waals surface area contributed by atoms with Gasteiger partial charge in [-0.05, 0) is 70.1 Å². The maximum atomic E-state index is 12.7. The first-order valence-corrected chi connectivity index (χ1v) is 11.3. The van der Waals surface area contributed by atoms with E-state index in [1.54, 1.807) is 7.11 Å². The Kier molecular flexibility index (Phi) is 7.39. The largest absolute Gasteiger partial charge is 0.497 e. The van der Waals surface area contributed by atoms with E-state index in [1.807, 2.05) is 36.9 Å². The van der Waals surface area contributed by atoms with Crippen molar-refractivity contribution >= 4 is 5.91 Å². The monoisotopic (exact) mass is 423 g/mol. The Morgan fingerprint density at radius 2 is 1.84 bits per heavy atom. The molecular formula is C26H37N3O2. The van der Waals surface area contributed by atoms with Crippen molar-refractivity contribution in [1.29, 1.82) is 0 Å². The molecule has 0 bridgehead atoms. The molecule has 1 amide bonds. The summed E-state index contributed by atoms with van der Waals surface area (Å²) in [4.78, 5) is 17.0. The molecule has 1 N–H and O–H groups in total. The third kappa shape index (κ3) is 5.10. The quantitative estimate of drug-likeness (QED) is 0.731. The van der Waals surface area contributed by atoms with Crippen LogP contribution in [0.1, 0.15) is 55.1 Å². The summed E-state index contributed by atoms with van der Waals surface area (Å²) in [6, 6.07) is 16.8. The maximum absolute atomic E-state index is 12.7.